The van der Waals surface area contributed by atoms with E-state index in [1.807, 2.05) is 6.92 Å². The van der Waals surface area contributed by atoms with Crippen LogP contribution in [0, 0.1) is 6.92 Å². The van der Waals surface area contributed by atoms with Gasteiger partial charge in [0.25, 0.3) is 0 Å². The number of nitrogens with two attached hydrogens (primary N) is 1. The van der Waals surface area contributed by atoms with Crippen LogP contribution in [0.4, 0.5) is 0 Å². The van der Waals surface area contributed by atoms with Gasteiger partial charge in [-0.15, -0.1) is 0 Å². The molecule has 78 valence electrons. The zero-order valence-electron chi connectivity index (χ0n) is 8.45. The molecule has 0 bridgehead atoms. The highest BCUT2D eigenvalue weighted by Gasteiger charge is 2.04. The van der Waals surface area contributed by atoms with E-state index in [0.717, 1.165) is 30.4 Å². The average Bonchev–Trinajstić information content (AvgIpc) is 2.14. The van der Waals surface area contributed by atoms with E-state index in [0.29, 0.717) is 6.54 Å². The number of aromatic hydroxyl groups is 2. The van der Waals surface area contributed by atoms with Crippen molar-refractivity contribution in [1.29, 1.82) is 0 Å². The zero-order valence-corrected chi connectivity index (χ0v) is 8.45. The summed E-state index contributed by atoms with van der Waals surface area (Å²) in [6.45, 7) is 2.63. The Balaban J connectivity index is 2.72. The third-order valence-electron chi connectivity index (χ3n) is 2.33. The molecule has 0 saturated carbocycles. The van der Waals surface area contributed by atoms with E-state index in [-0.39, 0.29) is 11.5 Å². The van der Waals surface area contributed by atoms with Crippen LogP contribution in [0.5, 0.6) is 11.5 Å². The zero-order chi connectivity index (χ0) is 10.6. The summed E-state index contributed by atoms with van der Waals surface area (Å²) in [5, 5.41) is 18.5. The largest absolute Gasteiger partial charge is 0.504 e. The third-order valence-corrected chi connectivity index (χ3v) is 2.33. The lowest BCUT2D eigenvalue weighted by Crippen LogP contribution is -1.99. The van der Waals surface area contributed by atoms with Gasteiger partial charge >= 0.3 is 0 Å². The number of hydrogen-bond acceptors (Lipinski definition) is 3. The third kappa shape index (κ3) is 2.64. The van der Waals surface area contributed by atoms with Crippen LogP contribution in [0.25, 0.3) is 0 Å². The maximum Gasteiger partial charge on any atom is 0.157 e. The second kappa shape index (κ2) is 4.86. The van der Waals surface area contributed by atoms with Gasteiger partial charge in [-0.1, -0.05) is 0 Å². The van der Waals surface area contributed by atoms with Crippen molar-refractivity contribution in [2.24, 2.45) is 5.73 Å². The van der Waals surface area contributed by atoms with Crippen LogP contribution in [-0.2, 0) is 6.42 Å². The van der Waals surface area contributed by atoms with Gasteiger partial charge in [-0.05, 0) is 56.0 Å². The maximum atomic E-state index is 9.31. The summed E-state index contributed by atoms with van der Waals surface area (Å²) in [5.41, 5.74) is 7.48. The molecular weight excluding hydrogens is 178 g/mol. The molecule has 3 nitrogen and oxygen atoms in total. The molecule has 0 aliphatic rings. The van der Waals surface area contributed by atoms with Crippen LogP contribution < -0.4 is 5.73 Å². The van der Waals surface area contributed by atoms with Crippen molar-refractivity contribution >= 4 is 0 Å². The molecular formula is C11H17NO2. The van der Waals surface area contributed by atoms with Crippen molar-refractivity contribution < 1.29 is 10.2 Å². The maximum absolute atomic E-state index is 9.31. The van der Waals surface area contributed by atoms with Gasteiger partial charge in [0.1, 0.15) is 0 Å². The van der Waals surface area contributed by atoms with Crippen LogP contribution in [0.1, 0.15) is 24.0 Å². The van der Waals surface area contributed by atoms with E-state index >= 15 is 0 Å². The van der Waals surface area contributed by atoms with Gasteiger partial charge in [0.05, 0.1) is 0 Å². The molecule has 3 heteroatoms. The summed E-state index contributed by atoms with van der Waals surface area (Å²) >= 11 is 0. The van der Waals surface area contributed by atoms with Gasteiger partial charge in [0.15, 0.2) is 11.5 Å². The molecule has 0 saturated heterocycles. The molecule has 0 atom stereocenters. The minimum atomic E-state index is -0.0509. The van der Waals surface area contributed by atoms with Crippen molar-refractivity contribution in [3.8, 4) is 11.5 Å². The van der Waals surface area contributed by atoms with Gasteiger partial charge in [0.2, 0.25) is 0 Å². The number of unbranched alkanes of at least 4 members (excludes halogenated alkanes) is 1. The summed E-state index contributed by atoms with van der Waals surface area (Å²) in [4.78, 5) is 0. The Morgan fingerprint density at radius 2 is 1.79 bits per heavy atom. The molecule has 0 unspecified atom stereocenters. The lowest BCUT2D eigenvalue weighted by Gasteiger charge is -2.07. The van der Waals surface area contributed by atoms with Crippen LogP contribution in [-0.4, -0.2) is 16.8 Å². The van der Waals surface area contributed by atoms with Crippen molar-refractivity contribution in [3.05, 3.63) is 23.3 Å². The van der Waals surface area contributed by atoms with E-state index in [9.17, 15) is 10.2 Å². The molecule has 0 aliphatic carbocycles. The summed E-state index contributed by atoms with van der Waals surface area (Å²) in [5.74, 6) is -0.0941. The highest BCUT2D eigenvalue weighted by atomic mass is 16.3. The van der Waals surface area contributed by atoms with E-state index in [1.54, 1.807) is 12.1 Å². The fourth-order valence-corrected chi connectivity index (χ4v) is 1.45. The van der Waals surface area contributed by atoms with Gasteiger partial charge in [-0.2, -0.15) is 0 Å². The van der Waals surface area contributed by atoms with E-state index < -0.39 is 0 Å². The molecule has 4 N–H and O–H groups in total. The first-order valence-electron chi connectivity index (χ1n) is 4.86. The van der Waals surface area contributed by atoms with E-state index in [1.165, 1.54) is 0 Å². The number of phenolic OH excluding ortho intramolecular Hbond substituents is 2. The van der Waals surface area contributed by atoms with Gasteiger partial charge in [0, 0.05) is 0 Å². The molecule has 1 rings (SSSR count). The quantitative estimate of drug-likeness (QED) is 0.506. The lowest BCUT2D eigenvalue weighted by atomic mass is 10.0. The Morgan fingerprint density at radius 3 is 2.43 bits per heavy atom. The van der Waals surface area contributed by atoms with Gasteiger partial charge in [-0.25, -0.2) is 0 Å². The monoisotopic (exact) mass is 195 g/mol. The second-order valence-corrected chi connectivity index (χ2v) is 3.51. The minimum absolute atomic E-state index is 0.0432. The Hall–Kier alpha value is -1.22. The topological polar surface area (TPSA) is 66.5 Å². The molecule has 0 heterocycles. The van der Waals surface area contributed by atoms with Crippen molar-refractivity contribution in [2.45, 2.75) is 26.2 Å². The Bertz CT molecular complexity index is 310. The van der Waals surface area contributed by atoms with Gasteiger partial charge in [-0.3, -0.25) is 0 Å². The normalized spacial score (nSPS) is 10.4. The predicted molar refractivity (Wildman–Crippen MR) is 56.5 cm³/mol. The van der Waals surface area contributed by atoms with Crippen molar-refractivity contribution in [3.63, 3.8) is 0 Å². The highest BCUT2D eigenvalue weighted by Crippen LogP contribution is 2.28. The summed E-state index contributed by atoms with van der Waals surface area (Å²) in [7, 11) is 0. The molecule has 14 heavy (non-hydrogen) atoms. The number of phenols is 2. The molecule has 0 fully saturated rings. The standard InChI is InChI=1S/C11H17NO2/c1-8-6-10(13)11(14)7-9(8)4-2-3-5-12/h6-7,13-14H,2-5,12H2,1H3. The molecule has 0 aliphatic heterocycles. The Morgan fingerprint density at radius 1 is 1.14 bits per heavy atom. The van der Waals surface area contributed by atoms with Crippen molar-refractivity contribution in [2.75, 3.05) is 6.54 Å². The molecule has 0 spiro atoms. The number of rotatable bonds is 4. The summed E-state index contributed by atoms with van der Waals surface area (Å²) < 4.78 is 0. The van der Waals surface area contributed by atoms with E-state index in [2.05, 4.69) is 0 Å². The molecule has 0 radical (unpaired) electrons. The van der Waals surface area contributed by atoms with Crippen LogP contribution in [0.2, 0.25) is 0 Å². The minimum Gasteiger partial charge on any atom is -0.504 e. The van der Waals surface area contributed by atoms with Crippen molar-refractivity contribution in [1.82, 2.24) is 0 Å². The first-order valence-corrected chi connectivity index (χ1v) is 4.86. The highest BCUT2D eigenvalue weighted by molar-refractivity contribution is 5.45. The summed E-state index contributed by atoms with van der Waals surface area (Å²) in [6, 6.07) is 3.22. The Labute approximate surface area is 84.2 Å². The van der Waals surface area contributed by atoms with Crippen LogP contribution >= 0.6 is 0 Å². The number of benzene rings is 1. The molecule has 0 amide bonds. The van der Waals surface area contributed by atoms with Crippen LogP contribution in [0.15, 0.2) is 12.1 Å². The molecule has 1 aromatic rings. The number of aryl methyl sites for hydroxylation is 2. The van der Waals surface area contributed by atoms with Gasteiger partial charge < -0.3 is 15.9 Å². The lowest BCUT2D eigenvalue weighted by molar-refractivity contribution is 0.402. The fourth-order valence-electron chi connectivity index (χ4n) is 1.45. The second-order valence-electron chi connectivity index (χ2n) is 3.51. The number of hydrogen-bond donors (Lipinski definition) is 3. The molecule has 0 aromatic heterocycles. The SMILES string of the molecule is Cc1cc(O)c(O)cc1CCCCN. The summed E-state index contributed by atoms with van der Waals surface area (Å²) in [6.07, 6.45) is 2.90. The Kier molecular flexibility index (Phi) is 3.77. The molecule has 1 aromatic carbocycles. The predicted octanol–water partition coefficient (Wildman–Crippen LogP) is 1.69. The first-order chi connectivity index (χ1) is 6.65. The average molecular weight is 195 g/mol. The fraction of sp³-hybridized carbons (Fsp3) is 0.455. The smallest absolute Gasteiger partial charge is 0.157 e. The first kappa shape index (κ1) is 10.9. The van der Waals surface area contributed by atoms with Crippen LogP contribution in [0.3, 0.4) is 0 Å². The van der Waals surface area contributed by atoms with E-state index in [4.69, 9.17) is 5.73 Å².